The molecule has 2 aliphatic carbocycles. The van der Waals surface area contributed by atoms with Crippen molar-refractivity contribution in [3.05, 3.63) is 80.4 Å². The largest absolute Gasteiger partial charge is 0.490 e. The van der Waals surface area contributed by atoms with Gasteiger partial charge in [0.05, 0.1) is 17.5 Å². The number of halogens is 2. The predicted molar refractivity (Wildman–Crippen MR) is 168 cm³/mol. The monoisotopic (exact) mass is 667 g/mol. The van der Waals surface area contributed by atoms with E-state index in [1.54, 1.807) is 12.1 Å². The molecule has 1 N–H and O–H groups in total. The first-order valence-corrected chi connectivity index (χ1v) is 15.8. The van der Waals surface area contributed by atoms with Crippen LogP contribution in [0.25, 0.3) is 0 Å². The summed E-state index contributed by atoms with van der Waals surface area (Å²) >= 11 is 3.66. The third kappa shape index (κ3) is 6.48. The highest BCUT2D eigenvalue weighted by Crippen LogP contribution is 2.55. The zero-order valence-corrected chi connectivity index (χ0v) is 27.5. The van der Waals surface area contributed by atoms with E-state index in [2.05, 4.69) is 15.9 Å². The lowest BCUT2D eigenvalue weighted by Crippen LogP contribution is -2.45. The molecule has 0 amide bonds. The van der Waals surface area contributed by atoms with Crippen LogP contribution in [0.15, 0.2) is 63.4 Å². The Kier molecular flexibility index (Phi) is 8.82. The topological polar surface area (TPSA) is 93.1 Å². The third-order valence-electron chi connectivity index (χ3n) is 8.51. The van der Waals surface area contributed by atoms with Crippen LogP contribution in [0.5, 0.6) is 11.5 Å². The molecule has 0 saturated heterocycles. The van der Waals surface area contributed by atoms with Crippen molar-refractivity contribution < 1.29 is 33.4 Å². The number of rotatable bonds is 9. The molecule has 3 aliphatic rings. The molecular formula is C35H39BrFNO6. The number of hydrogen-bond donors (Lipinski definition) is 1. The Hall–Kier alpha value is -3.46. The van der Waals surface area contributed by atoms with E-state index in [0.717, 1.165) is 17.0 Å². The van der Waals surface area contributed by atoms with Gasteiger partial charge in [0, 0.05) is 47.8 Å². The second-order valence-electron chi connectivity index (χ2n) is 13.5. The van der Waals surface area contributed by atoms with Crippen molar-refractivity contribution >= 4 is 33.5 Å². The summed E-state index contributed by atoms with van der Waals surface area (Å²) in [5.41, 5.74) is 3.47. The molecule has 0 atom stereocenters. The van der Waals surface area contributed by atoms with Gasteiger partial charge >= 0.3 is 5.97 Å². The van der Waals surface area contributed by atoms with E-state index >= 15 is 0 Å². The molecule has 1 heterocycles. The summed E-state index contributed by atoms with van der Waals surface area (Å²) in [4.78, 5) is 41.8. The van der Waals surface area contributed by atoms with Crippen LogP contribution in [-0.4, -0.2) is 40.7 Å². The molecule has 0 spiro atoms. The van der Waals surface area contributed by atoms with Crippen LogP contribution in [0.3, 0.4) is 0 Å². The van der Waals surface area contributed by atoms with E-state index in [-0.39, 0.29) is 47.8 Å². The van der Waals surface area contributed by atoms with Gasteiger partial charge in [0.25, 0.3) is 0 Å². The average molecular weight is 669 g/mol. The van der Waals surface area contributed by atoms with Crippen LogP contribution in [-0.2, 0) is 21.0 Å². The fraction of sp³-hybridized carbons (Fsp3) is 0.457. The molecule has 0 fully saturated rings. The van der Waals surface area contributed by atoms with Gasteiger partial charge < -0.3 is 19.5 Å². The normalized spacial score (nSPS) is 19.6. The number of carbonyl (C=O) groups excluding carboxylic acids is 2. The van der Waals surface area contributed by atoms with Gasteiger partial charge in [0.1, 0.15) is 12.4 Å². The molecule has 234 valence electrons. The number of hydrogen-bond acceptors (Lipinski definition) is 6. The quantitative estimate of drug-likeness (QED) is 0.293. The van der Waals surface area contributed by atoms with Gasteiger partial charge in [-0.15, -0.1) is 0 Å². The van der Waals surface area contributed by atoms with Gasteiger partial charge in [-0.2, -0.15) is 0 Å². The Labute approximate surface area is 266 Å². The number of nitrogens with zero attached hydrogens (tertiary/aromatic N) is 1. The standard InChI is InChI=1S/C35H39BrFNO6/c1-6-43-28-14-21(13-23(36)33(28)44-19-20-8-7-9-22(37)12-20)30-31-24(15-34(2,3)17-26(31)39)38(11-10-29(41)42)25-16-35(4,5)18-27(40)32(25)30/h7-9,12-14,30H,6,10-11,15-19H2,1-5H3,(H,41,42). The molecular weight excluding hydrogens is 629 g/mol. The predicted octanol–water partition coefficient (Wildman–Crippen LogP) is 7.73. The van der Waals surface area contributed by atoms with Crippen molar-refractivity contribution in [2.75, 3.05) is 13.2 Å². The van der Waals surface area contributed by atoms with E-state index < -0.39 is 11.9 Å². The molecule has 44 heavy (non-hydrogen) atoms. The van der Waals surface area contributed by atoms with Crippen LogP contribution in [0.1, 0.15) is 83.8 Å². The molecule has 2 aromatic rings. The smallest absolute Gasteiger partial charge is 0.305 e. The fourth-order valence-electron chi connectivity index (χ4n) is 6.80. The van der Waals surface area contributed by atoms with Crippen molar-refractivity contribution in [2.24, 2.45) is 10.8 Å². The first-order valence-electron chi connectivity index (χ1n) is 15.0. The Morgan fingerprint density at radius 2 is 1.59 bits per heavy atom. The third-order valence-corrected chi connectivity index (χ3v) is 9.10. The van der Waals surface area contributed by atoms with Gasteiger partial charge in [0.2, 0.25) is 0 Å². The molecule has 0 aromatic heterocycles. The number of ether oxygens (including phenoxy) is 2. The highest BCUT2D eigenvalue weighted by atomic mass is 79.9. The van der Waals surface area contributed by atoms with Gasteiger partial charge in [-0.3, -0.25) is 14.4 Å². The average Bonchev–Trinajstić information content (AvgIpc) is 2.89. The molecule has 0 bridgehead atoms. The van der Waals surface area contributed by atoms with E-state index in [1.165, 1.54) is 12.1 Å². The minimum absolute atomic E-state index is 0.0359. The Morgan fingerprint density at radius 1 is 0.977 bits per heavy atom. The van der Waals surface area contributed by atoms with E-state index in [1.807, 2.05) is 51.7 Å². The van der Waals surface area contributed by atoms with E-state index in [0.29, 0.717) is 65.0 Å². The number of carboxylic acids is 1. The van der Waals surface area contributed by atoms with Crippen molar-refractivity contribution in [3.8, 4) is 11.5 Å². The number of ketones is 2. The second kappa shape index (κ2) is 12.1. The van der Waals surface area contributed by atoms with Crippen molar-refractivity contribution in [2.45, 2.75) is 79.2 Å². The Bertz CT molecular complexity index is 1540. The van der Waals surface area contributed by atoms with E-state index in [4.69, 9.17) is 9.47 Å². The van der Waals surface area contributed by atoms with Crippen molar-refractivity contribution in [1.82, 2.24) is 4.90 Å². The number of aliphatic carboxylic acids is 1. The van der Waals surface area contributed by atoms with Crippen LogP contribution in [0.4, 0.5) is 4.39 Å². The second-order valence-corrected chi connectivity index (χ2v) is 14.4. The number of benzene rings is 2. The molecule has 9 heteroatoms. The summed E-state index contributed by atoms with van der Waals surface area (Å²) in [6, 6.07) is 9.89. The van der Waals surface area contributed by atoms with Crippen LogP contribution in [0.2, 0.25) is 0 Å². The van der Waals surface area contributed by atoms with Gasteiger partial charge in [-0.1, -0.05) is 39.8 Å². The molecule has 0 radical (unpaired) electrons. The summed E-state index contributed by atoms with van der Waals surface area (Å²) in [6.07, 6.45) is 1.71. The summed E-state index contributed by atoms with van der Waals surface area (Å²) in [7, 11) is 0. The first kappa shape index (κ1) is 31.9. The molecule has 5 rings (SSSR count). The number of carboxylic acid groups (broad SMARTS) is 1. The molecule has 0 unspecified atom stereocenters. The maximum Gasteiger partial charge on any atom is 0.305 e. The summed E-state index contributed by atoms with van der Waals surface area (Å²) in [6.45, 7) is 10.7. The van der Waals surface area contributed by atoms with Crippen LogP contribution >= 0.6 is 15.9 Å². The summed E-state index contributed by atoms with van der Waals surface area (Å²) < 4.78 is 26.5. The lowest BCUT2D eigenvalue weighted by molar-refractivity contribution is -0.137. The zero-order valence-electron chi connectivity index (χ0n) is 25.9. The van der Waals surface area contributed by atoms with Crippen molar-refractivity contribution in [1.29, 1.82) is 0 Å². The number of carbonyl (C=O) groups is 3. The molecule has 7 nitrogen and oxygen atoms in total. The number of allylic oxidation sites excluding steroid dienone is 4. The highest BCUT2D eigenvalue weighted by Gasteiger charge is 2.49. The Morgan fingerprint density at radius 3 is 2.14 bits per heavy atom. The van der Waals surface area contributed by atoms with Crippen LogP contribution in [0, 0.1) is 16.6 Å². The summed E-state index contributed by atoms with van der Waals surface area (Å²) in [5.74, 6) is -1.10. The van der Waals surface area contributed by atoms with Gasteiger partial charge in [-0.25, -0.2) is 4.39 Å². The van der Waals surface area contributed by atoms with Crippen LogP contribution < -0.4 is 9.47 Å². The molecule has 2 aromatic carbocycles. The van der Waals surface area contributed by atoms with Gasteiger partial charge in [0.15, 0.2) is 23.1 Å². The highest BCUT2D eigenvalue weighted by molar-refractivity contribution is 9.10. The lowest BCUT2D eigenvalue weighted by atomic mass is 9.63. The minimum Gasteiger partial charge on any atom is -0.490 e. The molecule has 1 aliphatic heterocycles. The fourth-order valence-corrected chi connectivity index (χ4v) is 7.37. The summed E-state index contributed by atoms with van der Waals surface area (Å²) in [5, 5.41) is 9.60. The first-order chi connectivity index (χ1) is 20.7. The van der Waals surface area contributed by atoms with Gasteiger partial charge in [-0.05, 0) is 81.9 Å². The lowest BCUT2D eigenvalue weighted by Gasteiger charge is -2.49. The maximum atomic E-state index is 14.0. The number of Topliss-reactive ketones (excluding diaryl/α,β-unsaturated/α-hetero) is 2. The minimum atomic E-state index is -0.932. The zero-order chi connectivity index (χ0) is 32.0. The van der Waals surface area contributed by atoms with E-state index in [9.17, 15) is 23.9 Å². The molecule has 0 saturated carbocycles. The SMILES string of the molecule is CCOc1cc(C2C3=C(CC(C)(C)CC3=O)N(CCC(=O)O)C3=C2C(=O)CC(C)(C)C3)cc(Br)c1OCc1cccc(F)c1. The Balaban J connectivity index is 1.67. The maximum absolute atomic E-state index is 14.0. The van der Waals surface area contributed by atoms with Crippen molar-refractivity contribution in [3.63, 3.8) is 0 Å².